The van der Waals surface area contributed by atoms with Crippen molar-refractivity contribution in [1.29, 1.82) is 0 Å². The molecule has 1 aromatic heterocycles. The Hall–Kier alpha value is -3.17. The van der Waals surface area contributed by atoms with E-state index in [0.717, 1.165) is 10.0 Å². The standard InChI is InChI=1S/C21H18BrN3O4S/c1-12-10-13(22)11-16(18(12)28-2)19(26)25-21(30)24-15-7-5-14(6-8-15)23-20(27)17-4-3-9-29-17/h3-11H,1-2H3,(H,23,27)(H2,24,25,26,30). The number of benzene rings is 2. The van der Waals surface area contributed by atoms with Crippen molar-refractivity contribution in [2.75, 3.05) is 17.7 Å². The average Bonchev–Trinajstić information content (AvgIpc) is 3.24. The molecule has 0 saturated carbocycles. The Morgan fingerprint density at radius 2 is 1.70 bits per heavy atom. The number of anilines is 2. The number of methoxy groups -OCH3 is 1. The van der Waals surface area contributed by atoms with Gasteiger partial charge >= 0.3 is 0 Å². The van der Waals surface area contributed by atoms with Gasteiger partial charge in [0.2, 0.25) is 0 Å². The number of nitrogens with one attached hydrogen (secondary N) is 3. The summed E-state index contributed by atoms with van der Waals surface area (Å²) >= 11 is 8.62. The Kier molecular flexibility index (Phi) is 6.86. The van der Waals surface area contributed by atoms with E-state index in [9.17, 15) is 9.59 Å². The fraction of sp³-hybridized carbons (Fsp3) is 0.0952. The molecule has 0 aliphatic heterocycles. The molecule has 3 rings (SSSR count). The minimum absolute atomic E-state index is 0.132. The van der Waals surface area contributed by atoms with Gasteiger partial charge in [0, 0.05) is 15.8 Å². The number of rotatable bonds is 5. The molecule has 0 atom stereocenters. The average molecular weight is 488 g/mol. The van der Waals surface area contributed by atoms with Crippen molar-refractivity contribution in [3.8, 4) is 5.75 Å². The van der Waals surface area contributed by atoms with Crippen molar-refractivity contribution < 1.29 is 18.7 Å². The van der Waals surface area contributed by atoms with E-state index < -0.39 is 5.91 Å². The predicted molar refractivity (Wildman–Crippen MR) is 122 cm³/mol. The van der Waals surface area contributed by atoms with Gasteiger partial charge in [-0.05, 0) is 73.2 Å². The Labute approximate surface area is 186 Å². The van der Waals surface area contributed by atoms with E-state index in [1.165, 1.54) is 13.4 Å². The Morgan fingerprint density at radius 1 is 1.03 bits per heavy atom. The van der Waals surface area contributed by atoms with Crippen LogP contribution < -0.4 is 20.7 Å². The Balaban J connectivity index is 1.61. The van der Waals surface area contributed by atoms with Crippen molar-refractivity contribution >= 4 is 56.4 Å². The summed E-state index contributed by atoms with van der Waals surface area (Å²) in [5.41, 5.74) is 2.42. The quantitative estimate of drug-likeness (QED) is 0.450. The monoisotopic (exact) mass is 487 g/mol. The third kappa shape index (κ3) is 5.25. The lowest BCUT2D eigenvalue weighted by Crippen LogP contribution is -2.34. The zero-order chi connectivity index (χ0) is 21.7. The van der Waals surface area contributed by atoms with E-state index in [-0.39, 0.29) is 16.8 Å². The molecule has 30 heavy (non-hydrogen) atoms. The third-order valence-corrected chi connectivity index (χ3v) is 4.72. The minimum atomic E-state index is -0.393. The van der Waals surface area contributed by atoms with E-state index in [0.29, 0.717) is 22.7 Å². The molecule has 154 valence electrons. The maximum atomic E-state index is 12.6. The summed E-state index contributed by atoms with van der Waals surface area (Å²) in [7, 11) is 1.51. The first-order valence-corrected chi connectivity index (χ1v) is 9.99. The van der Waals surface area contributed by atoms with Crippen LogP contribution in [0, 0.1) is 6.92 Å². The molecule has 7 nitrogen and oxygen atoms in total. The second-order valence-corrected chi connectivity index (χ2v) is 7.54. The summed E-state index contributed by atoms with van der Waals surface area (Å²) in [6.45, 7) is 1.85. The van der Waals surface area contributed by atoms with Gasteiger partial charge in [0.15, 0.2) is 10.9 Å². The Morgan fingerprint density at radius 3 is 2.30 bits per heavy atom. The minimum Gasteiger partial charge on any atom is -0.496 e. The van der Waals surface area contributed by atoms with Crippen LogP contribution in [0.5, 0.6) is 5.75 Å². The molecule has 9 heteroatoms. The number of amides is 2. The number of carbonyl (C=O) groups excluding carboxylic acids is 2. The smallest absolute Gasteiger partial charge is 0.291 e. The first-order chi connectivity index (χ1) is 14.4. The number of ether oxygens (including phenoxy) is 1. The second kappa shape index (κ2) is 9.55. The molecule has 0 aliphatic rings. The maximum absolute atomic E-state index is 12.6. The number of halogens is 1. The number of hydrogen-bond donors (Lipinski definition) is 3. The van der Waals surface area contributed by atoms with Crippen LogP contribution in [0.1, 0.15) is 26.5 Å². The van der Waals surface area contributed by atoms with Crippen LogP contribution in [0.2, 0.25) is 0 Å². The highest BCUT2D eigenvalue weighted by molar-refractivity contribution is 9.10. The molecule has 0 fully saturated rings. The van der Waals surface area contributed by atoms with Crippen LogP contribution in [0.3, 0.4) is 0 Å². The molecule has 0 radical (unpaired) electrons. The molecule has 2 amide bonds. The van der Waals surface area contributed by atoms with Gasteiger partial charge in [0.25, 0.3) is 11.8 Å². The van der Waals surface area contributed by atoms with Crippen LogP contribution >= 0.6 is 28.1 Å². The molecule has 0 saturated heterocycles. The number of hydrogen-bond acceptors (Lipinski definition) is 5. The first-order valence-electron chi connectivity index (χ1n) is 8.78. The highest BCUT2D eigenvalue weighted by atomic mass is 79.9. The van der Waals surface area contributed by atoms with Crippen LogP contribution in [0.25, 0.3) is 0 Å². The van der Waals surface area contributed by atoms with E-state index in [4.69, 9.17) is 21.4 Å². The summed E-state index contributed by atoms with van der Waals surface area (Å²) in [4.78, 5) is 24.6. The fourth-order valence-electron chi connectivity index (χ4n) is 2.74. The summed E-state index contributed by atoms with van der Waals surface area (Å²) in [5.74, 6) is -0.0349. The summed E-state index contributed by atoms with van der Waals surface area (Å²) in [6.07, 6.45) is 1.43. The van der Waals surface area contributed by atoms with Crippen LogP contribution in [-0.4, -0.2) is 24.0 Å². The molecule has 0 unspecified atom stereocenters. The van der Waals surface area contributed by atoms with Gasteiger partial charge in [0.1, 0.15) is 5.75 Å². The van der Waals surface area contributed by atoms with Gasteiger partial charge in [-0.2, -0.15) is 0 Å². The summed E-state index contributed by atoms with van der Waals surface area (Å²) < 4.78 is 11.2. The van der Waals surface area contributed by atoms with Crippen LogP contribution in [-0.2, 0) is 0 Å². The predicted octanol–water partition coefficient (Wildman–Crippen LogP) is 4.74. The van der Waals surface area contributed by atoms with Crippen molar-refractivity contribution in [2.24, 2.45) is 0 Å². The second-order valence-electron chi connectivity index (χ2n) is 6.22. The van der Waals surface area contributed by atoms with E-state index in [1.54, 1.807) is 42.5 Å². The topological polar surface area (TPSA) is 92.6 Å². The lowest BCUT2D eigenvalue weighted by Gasteiger charge is -2.14. The molecule has 0 spiro atoms. The highest BCUT2D eigenvalue weighted by Gasteiger charge is 2.17. The number of thiocarbonyl (C=S) groups is 1. The molecule has 1 heterocycles. The van der Waals surface area contributed by atoms with Crippen molar-refractivity contribution in [2.45, 2.75) is 6.92 Å². The molecule has 3 N–H and O–H groups in total. The van der Waals surface area contributed by atoms with E-state index in [2.05, 4.69) is 31.9 Å². The fourth-order valence-corrected chi connectivity index (χ4v) is 3.52. The van der Waals surface area contributed by atoms with Gasteiger partial charge in [-0.3, -0.25) is 14.9 Å². The van der Waals surface area contributed by atoms with Crippen molar-refractivity contribution in [3.63, 3.8) is 0 Å². The maximum Gasteiger partial charge on any atom is 0.291 e. The number of aryl methyl sites for hydroxylation is 1. The van der Waals surface area contributed by atoms with Crippen LogP contribution in [0.4, 0.5) is 11.4 Å². The van der Waals surface area contributed by atoms with E-state index >= 15 is 0 Å². The van der Waals surface area contributed by atoms with Crippen molar-refractivity contribution in [1.82, 2.24) is 5.32 Å². The highest BCUT2D eigenvalue weighted by Crippen LogP contribution is 2.27. The van der Waals surface area contributed by atoms with Crippen LogP contribution in [0.15, 0.2) is 63.7 Å². The molecule has 0 aliphatic carbocycles. The number of furan rings is 1. The van der Waals surface area contributed by atoms with Gasteiger partial charge in [0.05, 0.1) is 18.9 Å². The molecular formula is C21H18BrN3O4S. The third-order valence-electron chi connectivity index (χ3n) is 4.06. The zero-order valence-corrected chi connectivity index (χ0v) is 18.5. The summed E-state index contributed by atoms with van der Waals surface area (Å²) in [5, 5.41) is 8.42. The van der Waals surface area contributed by atoms with E-state index in [1.807, 2.05) is 13.0 Å². The Bertz CT molecular complexity index is 1080. The van der Waals surface area contributed by atoms with Gasteiger partial charge < -0.3 is 19.8 Å². The molecule has 2 aromatic carbocycles. The van der Waals surface area contributed by atoms with Gasteiger partial charge in [-0.1, -0.05) is 15.9 Å². The molecule has 0 bridgehead atoms. The summed E-state index contributed by atoms with van der Waals surface area (Å²) in [6, 6.07) is 13.6. The zero-order valence-electron chi connectivity index (χ0n) is 16.1. The van der Waals surface area contributed by atoms with Gasteiger partial charge in [-0.15, -0.1) is 0 Å². The molecular weight excluding hydrogens is 470 g/mol. The lowest BCUT2D eigenvalue weighted by molar-refractivity contribution is 0.0972. The van der Waals surface area contributed by atoms with Gasteiger partial charge in [-0.25, -0.2) is 0 Å². The lowest BCUT2D eigenvalue weighted by atomic mass is 10.1. The normalized spacial score (nSPS) is 10.2. The van der Waals surface area contributed by atoms with Crippen molar-refractivity contribution in [3.05, 3.63) is 76.2 Å². The number of carbonyl (C=O) groups is 2. The SMILES string of the molecule is COc1c(C)cc(Br)cc1C(=O)NC(=S)Nc1ccc(NC(=O)c2ccco2)cc1. The first kappa shape index (κ1) is 21.5. The largest absolute Gasteiger partial charge is 0.496 e. The molecule has 3 aromatic rings.